The number of fused-ring (bicyclic) bond motifs is 2. The summed E-state index contributed by atoms with van der Waals surface area (Å²) in [5.41, 5.74) is 3.79. The number of ether oxygens (including phenoxy) is 1. The third-order valence-corrected chi connectivity index (χ3v) is 8.45. The van der Waals surface area contributed by atoms with E-state index in [0.29, 0.717) is 12.0 Å². The van der Waals surface area contributed by atoms with E-state index in [4.69, 9.17) is 4.74 Å². The maximum absolute atomic E-state index is 15.1. The van der Waals surface area contributed by atoms with E-state index in [9.17, 15) is 0 Å². The first-order valence-electron chi connectivity index (χ1n) is 13.1. The van der Waals surface area contributed by atoms with Gasteiger partial charge in [-0.15, -0.1) is 0 Å². The van der Waals surface area contributed by atoms with E-state index in [1.807, 2.05) is 6.07 Å². The number of rotatable bonds is 8. The second-order valence-corrected chi connectivity index (χ2v) is 10.6. The summed E-state index contributed by atoms with van der Waals surface area (Å²) >= 11 is 0. The van der Waals surface area contributed by atoms with Crippen molar-refractivity contribution in [3.63, 3.8) is 0 Å². The Morgan fingerprint density at radius 2 is 1.73 bits per heavy atom. The quantitative estimate of drug-likeness (QED) is 0.392. The highest BCUT2D eigenvalue weighted by Gasteiger charge is 2.37. The van der Waals surface area contributed by atoms with Gasteiger partial charge >= 0.3 is 0 Å². The first-order chi connectivity index (χ1) is 14.7. The Kier molecular flexibility index (Phi) is 7.90. The topological polar surface area (TPSA) is 9.23 Å². The summed E-state index contributed by atoms with van der Waals surface area (Å²) in [6.07, 6.45) is 17.7. The molecule has 168 valence electrons. The molecule has 3 aliphatic rings. The van der Waals surface area contributed by atoms with Gasteiger partial charge in [-0.1, -0.05) is 45.6 Å². The van der Waals surface area contributed by atoms with Crippen LogP contribution in [0.4, 0.5) is 4.39 Å². The van der Waals surface area contributed by atoms with Crippen LogP contribution in [0.1, 0.15) is 114 Å². The van der Waals surface area contributed by atoms with Crippen molar-refractivity contribution in [2.24, 2.45) is 17.8 Å². The molecule has 5 atom stereocenters. The molecule has 0 spiro atoms. The van der Waals surface area contributed by atoms with Gasteiger partial charge in [0.05, 0.1) is 6.10 Å². The summed E-state index contributed by atoms with van der Waals surface area (Å²) in [5.74, 6) is 2.88. The van der Waals surface area contributed by atoms with E-state index in [-0.39, 0.29) is 5.82 Å². The van der Waals surface area contributed by atoms with Gasteiger partial charge in [-0.05, 0) is 111 Å². The fraction of sp³-hybridized carbons (Fsp3) is 0.786. The molecule has 1 aromatic carbocycles. The van der Waals surface area contributed by atoms with Crippen LogP contribution in [0.2, 0.25) is 0 Å². The average molecular weight is 415 g/mol. The van der Waals surface area contributed by atoms with Gasteiger partial charge in [-0.25, -0.2) is 4.39 Å². The van der Waals surface area contributed by atoms with E-state index < -0.39 is 0 Å². The molecule has 0 aromatic heterocycles. The monoisotopic (exact) mass is 414 g/mol. The first kappa shape index (κ1) is 22.3. The lowest BCUT2D eigenvalue weighted by atomic mass is 9.65. The lowest BCUT2D eigenvalue weighted by Crippen LogP contribution is -2.34. The third kappa shape index (κ3) is 5.29. The fourth-order valence-corrected chi connectivity index (χ4v) is 6.72. The lowest BCUT2D eigenvalue weighted by molar-refractivity contribution is -0.0164. The van der Waals surface area contributed by atoms with Crippen molar-refractivity contribution in [1.82, 2.24) is 0 Å². The van der Waals surface area contributed by atoms with Gasteiger partial charge in [0.15, 0.2) is 0 Å². The molecule has 1 aromatic rings. The van der Waals surface area contributed by atoms with Crippen LogP contribution in [0, 0.1) is 23.6 Å². The molecule has 0 N–H and O–H groups in total. The maximum Gasteiger partial charge on any atom is 0.126 e. The molecule has 0 heterocycles. The number of hydrogen-bond donors (Lipinski definition) is 0. The van der Waals surface area contributed by atoms with Crippen LogP contribution in [-0.2, 0) is 17.6 Å². The van der Waals surface area contributed by atoms with Gasteiger partial charge < -0.3 is 4.74 Å². The molecule has 1 nitrogen and oxygen atoms in total. The normalized spacial score (nSPS) is 31.2. The molecule has 4 rings (SSSR count). The summed E-state index contributed by atoms with van der Waals surface area (Å²) in [6, 6.07) is 4.19. The van der Waals surface area contributed by atoms with E-state index in [1.165, 1.54) is 81.8 Å². The largest absolute Gasteiger partial charge is 0.378 e. The first-order valence-corrected chi connectivity index (χ1v) is 13.1. The fourth-order valence-electron chi connectivity index (χ4n) is 6.72. The van der Waals surface area contributed by atoms with Crippen LogP contribution in [0.5, 0.6) is 0 Å². The Balaban J connectivity index is 1.34. The van der Waals surface area contributed by atoms with Crippen molar-refractivity contribution < 1.29 is 9.13 Å². The molecule has 5 unspecified atom stereocenters. The molecule has 0 bridgehead atoms. The molecule has 2 saturated carbocycles. The van der Waals surface area contributed by atoms with Crippen molar-refractivity contribution >= 4 is 0 Å². The Labute approximate surface area is 184 Å². The van der Waals surface area contributed by atoms with Crippen LogP contribution in [-0.4, -0.2) is 12.7 Å². The summed E-state index contributed by atoms with van der Waals surface area (Å²) < 4.78 is 21.3. The minimum Gasteiger partial charge on any atom is -0.378 e. The number of hydrogen-bond acceptors (Lipinski definition) is 1. The standard InChI is InChI=1S/C28H43FO/c1-3-5-6-14-30-26-13-12-21-16-24(11-10-22(21)17-26)27-18-23-9-8-20(7-4-2)15-25(23)19-28(27)29/h18-22,24,26H,3-17H2,1-2H3. The minimum absolute atomic E-state index is 0.0855. The van der Waals surface area contributed by atoms with Crippen molar-refractivity contribution in [2.45, 2.75) is 116 Å². The van der Waals surface area contributed by atoms with E-state index in [0.717, 1.165) is 49.2 Å². The SMILES string of the molecule is CCCCCOC1CCC2CC(c3cc4c(cc3F)CC(CCC)CC4)CCC2C1. The zero-order valence-corrected chi connectivity index (χ0v) is 19.4. The molecule has 0 radical (unpaired) electrons. The molecule has 0 amide bonds. The Morgan fingerprint density at radius 1 is 0.900 bits per heavy atom. The molecular weight excluding hydrogens is 371 g/mol. The van der Waals surface area contributed by atoms with Crippen LogP contribution in [0.25, 0.3) is 0 Å². The predicted molar refractivity (Wildman–Crippen MR) is 124 cm³/mol. The molecule has 3 aliphatic carbocycles. The Morgan fingerprint density at radius 3 is 2.57 bits per heavy atom. The molecular formula is C28H43FO. The maximum atomic E-state index is 15.1. The van der Waals surface area contributed by atoms with Crippen molar-refractivity contribution in [2.75, 3.05) is 6.61 Å². The smallest absolute Gasteiger partial charge is 0.126 e. The number of halogens is 1. The number of aryl methyl sites for hydroxylation is 1. The second kappa shape index (κ2) is 10.6. The highest BCUT2D eigenvalue weighted by Crippen LogP contribution is 2.47. The highest BCUT2D eigenvalue weighted by atomic mass is 19.1. The summed E-state index contributed by atoms with van der Waals surface area (Å²) in [4.78, 5) is 0. The Hall–Kier alpha value is -0.890. The van der Waals surface area contributed by atoms with Gasteiger partial charge in [0, 0.05) is 6.61 Å². The minimum atomic E-state index is 0.0855. The summed E-state index contributed by atoms with van der Waals surface area (Å²) in [5, 5.41) is 0. The van der Waals surface area contributed by atoms with Crippen LogP contribution in [0.3, 0.4) is 0 Å². The Bertz CT molecular complexity index is 683. The van der Waals surface area contributed by atoms with Gasteiger partial charge in [0.2, 0.25) is 0 Å². The third-order valence-electron chi connectivity index (χ3n) is 8.45. The van der Waals surface area contributed by atoms with Crippen LogP contribution < -0.4 is 0 Å². The summed E-state index contributed by atoms with van der Waals surface area (Å²) in [7, 11) is 0. The van der Waals surface area contributed by atoms with Crippen LogP contribution in [0.15, 0.2) is 12.1 Å². The van der Waals surface area contributed by atoms with E-state index in [1.54, 1.807) is 0 Å². The van der Waals surface area contributed by atoms with Gasteiger partial charge in [0.1, 0.15) is 5.82 Å². The highest BCUT2D eigenvalue weighted by molar-refractivity contribution is 5.37. The molecule has 2 heteroatoms. The number of unbranched alkanes of at least 4 members (excludes halogenated alkanes) is 2. The number of benzene rings is 1. The van der Waals surface area contributed by atoms with Crippen LogP contribution >= 0.6 is 0 Å². The zero-order valence-electron chi connectivity index (χ0n) is 19.4. The van der Waals surface area contributed by atoms with Gasteiger partial charge in [-0.2, -0.15) is 0 Å². The van der Waals surface area contributed by atoms with Gasteiger partial charge in [-0.3, -0.25) is 0 Å². The molecule has 2 fully saturated rings. The van der Waals surface area contributed by atoms with E-state index in [2.05, 4.69) is 19.9 Å². The second-order valence-electron chi connectivity index (χ2n) is 10.6. The molecule has 0 saturated heterocycles. The molecule has 30 heavy (non-hydrogen) atoms. The van der Waals surface area contributed by atoms with Crippen molar-refractivity contribution in [1.29, 1.82) is 0 Å². The summed E-state index contributed by atoms with van der Waals surface area (Å²) in [6.45, 7) is 5.46. The predicted octanol–water partition coefficient (Wildman–Crippen LogP) is 7.99. The van der Waals surface area contributed by atoms with Crippen molar-refractivity contribution in [3.05, 3.63) is 34.6 Å². The van der Waals surface area contributed by atoms with Crippen molar-refractivity contribution in [3.8, 4) is 0 Å². The average Bonchev–Trinajstić information content (AvgIpc) is 2.76. The van der Waals surface area contributed by atoms with Gasteiger partial charge in [0.25, 0.3) is 0 Å². The van der Waals surface area contributed by atoms with E-state index >= 15 is 4.39 Å². The zero-order chi connectivity index (χ0) is 20.9. The molecule has 0 aliphatic heterocycles. The lowest BCUT2D eigenvalue weighted by Gasteiger charge is -2.42.